The monoisotopic (exact) mass is 182 g/mol. The first-order valence-corrected chi connectivity index (χ1v) is 4.21. The largest absolute Gasteiger partial charge is 0.390 e. The quantitative estimate of drug-likeness (QED) is 0.598. The summed E-state index contributed by atoms with van der Waals surface area (Å²) in [7, 11) is 0. The Kier molecular flexibility index (Phi) is 3.82. The minimum absolute atomic E-state index is 0.0485. The molecule has 1 atom stereocenters. The van der Waals surface area contributed by atoms with E-state index in [1.807, 2.05) is 19.1 Å². The number of pyridine rings is 1. The predicted octanol–water partition coefficient (Wildman–Crippen LogP) is 0.656. The molecule has 1 aromatic rings. The Hall–Kier alpha value is -0.970. The van der Waals surface area contributed by atoms with Crippen LogP contribution in [0.2, 0.25) is 0 Å². The van der Waals surface area contributed by atoms with Crippen molar-refractivity contribution in [1.29, 1.82) is 0 Å². The highest BCUT2D eigenvalue weighted by molar-refractivity contribution is 5.14. The third-order valence-corrected chi connectivity index (χ3v) is 1.89. The number of aromatic nitrogens is 1. The number of aliphatic hydroxyl groups excluding tert-OH is 1. The molecule has 72 valence electrons. The van der Waals surface area contributed by atoms with Crippen molar-refractivity contribution in [3.05, 3.63) is 29.6 Å². The van der Waals surface area contributed by atoms with Crippen LogP contribution in [-0.2, 0) is 6.61 Å². The van der Waals surface area contributed by atoms with E-state index >= 15 is 0 Å². The molecule has 0 fully saturated rings. The summed E-state index contributed by atoms with van der Waals surface area (Å²) in [5, 5.41) is 17.3. The number of hydroxylamine groups is 1. The van der Waals surface area contributed by atoms with E-state index in [0.29, 0.717) is 12.2 Å². The SMILES string of the molecule is CC(CNO)c1cccc(CO)n1. The lowest BCUT2D eigenvalue weighted by molar-refractivity contribution is 0.161. The smallest absolute Gasteiger partial charge is 0.0853 e. The molecule has 1 aromatic heterocycles. The van der Waals surface area contributed by atoms with Crippen LogP contribution < -0.4 is 5.48 Å². The lowest BCUT2D eigenvalue weighted by atomic mass is 10.1. The van der Waals surface area contributed by atoms with Crippen molar-refractivity contribution in [2.24, 2.45) is 0 Å². The molecule has 0 radical (unpaired) electrons. The van der Waals surface area contributed by atoms with E-state index < -0.39 is 0 Å². The maximum atomic E-state index is 8.85. The van der Waals surface area contributed by atoms with Gasteiger partial charge < -0.3 is 10.3 Å². The van der Waals surface area contributed by atoms with E-state index in [2.05, 4.69) is 10.5 Å². The van der Waals surface area contributed by atoms with Gasteiger partial charge in [0, 0.05) is 18.2 Å². The summed E-state index contributed by atoms with van der Waals surface area (Å²) in [6.07, 6.45) is 0. The zero-order valence-electron chi connectivity index (χ0n) is 7.57. The van der Waals surface area contributed by atoms with Crippen molar-refractivity contribution < 1.29 is 10.3 Å². The van der Waals surface area contributed by atoms with Gasteiger partial charge in [-0.15, -0.1) is 0 Å². The van der Waals surface area contributed by atoms with E-state index in [0.717, 1.165) is 5.69 Å². The first kappa shape index (κ1) is 10.1. The zero-order valence-corrected chi connectivity index (χ0v) is 7.57. The number of aliphatic hydroxyl groups is 1. The normalized spacial score (nSPS) is 12.8. The summed E-state index contributed by atoms with van der Waals surface area (Å²) in [6.45, 7) is 2.36. The summed E-state index contributed by atoms with van der Waals surface area (Å²) in [6, 6.07) is 5.49. The molecule has 0 bridgehead atoms. The van der Waals surface area contributed by atoms with Gasteiger partial charge in [0.1, 0.15) is 0 Å². The van der Waals surface area contributed by atoms with Gasteiger partial charge in [-0.1, -0.05) is 13.0 Å². The van der Waals surface area contributed by atoms with Crippen LogP contribution in [0.1, 0.15) is 24.2 Å². The highest BCUT2D eigenvalue weighted by Gasteiger charge is 2.06. The van der Waals surface area contributed by atoms with Gasteiger partial charge in [0.2, 0.25) is 0 Å². The summed E-state index contributed by atoms with van der Waals surface area (Å²) < 4.78 is 0. The third-order valence-electron chi connectivity index (χ3n) is 1.89. The summed E-state index contributed by atoms with van der Waals surface area (Å²) in [5.74, 6) is 0.136. The minimum Gasteiger partial charge on any atom is -0.390 e. The highest BCUT2D eigenvalue weighted by Crippen LogP contribution is 2.11. The van der Waals surface area contributed by atoms with Gasteiger partial charge in [0.05, 0.1) is 12.3 Å². The Morgan fingerprint density at radius 2 is 2.31 bits per heavy atom. The third kappa shape index (κ3) is 2.77. The number of hydrogen-bond acceptors (Lipinski definition) is 4. The molecule has 0 amide bonds. The number of hydrogen-bond donors (Lipinski definition) is 3. The Balaban J connectivity index is 2.75. The maximum absolute atomic E-state index is 8.85. The van der Waals surface area contributed by atoms with Gasteiger partial charge in [0.25, 0.3) is 0 Å². The van der Waals surface area contributed by atoms with Crippen LogP contribution in [0.5, 0.6) is 0 Å². The first-order valence-electron chi connectivity index (χ1n) is 4.21. The molecule has 0 spiro atoms. The molecule has 1 unspecified atom stereocenters. The van der Waals surface area contributed by atoms with Gasteiger partial charge in [-0.2, -0.15) is 0 Å². The lowest BCUT2D eigenvalue weighted by Gasteiger charge is -2.09. The first-order chi connectivity index (χ1) is 6.27. The van der Waals surface area contributed by atoms with Crippen molar-refractivity contribution in [2.45, 2.75) is 19.4 Å². The number of nitrogens with one attached hydrogen (secondary N) is 1. The predicted molar refractivity (Wildman–Crippen MR) is 48.4 cm³/mol. The molecule has 0 aliphatic rings. The molecule has 4 heteroatoms. The van der Waals surface area contributed by atoms with Crippen molar-refractivity contribution in [3.8, 4) is 0 Å². The van der Waals surface area contributed by atoms with Crippen molar-refractivity contribution in [3.63, 3.8) is 0 Å². The summed E-state index contributed by atoms with van der Waals surface area (Å²) in [4.78, 5) is 4.21. The van der Waals surface area contributed by atoms with E-state index in [-0.39, 0.29) is 12.5 Å². The van der Waals surface area contributed by atoms with Gasteiger partial charge >= 0.3 is 0 Å². The van der Waals surface area contributed by atoms with Crippen LogP contribution >= 0.6 is 0 Å². The van der Waals surface area contributed by atoms with Crippen LogP contribution in [0, 0.1) is 0 Å². The van der Waals surface area contributed by atoms with E-state index in [1.165, 1.54) is 0 Å². The fourth-order valence-corrected chi connectivity index (χ4v) is 1.10. The molecule has 13 heavy (non-hydrogen) atoms. The molecule has 1 rings (SSSR count). The van der Waals surface area contributed by atoms with Crippen molar-refractivity contribution in [2.75, 3.05) is 6.54 Å². The van der Waals surface area contributed by atoms with E-state index in [1.54, 1.807) is 6.07 Å². The Morgan fingerprint density at radius 1 is 1.54 bits per heavy atom. The highest BCUT2D eigenvalue weighted by atomic mass is 16.5. The maximum Gasteiger partial charge on any atom is 0.0853 e. The molecule has 0 aromatic carbocycles. The molecule has 4 nitrogen and oxygen atoms in total. The number of rotatable bonds is 4. The van der Waals surface area contributed by atoms with Crippen LogP contribution in [-0.4, -0.2) is 21.8 Å². The lowest BCUT2D eigenvalue weighted by Crippen LogP contribution is -2.16. The van der Waals surface area contributed by atoms with Gasteiger partial charge in [-0.05, 0) is 12.1 Å². The van der Waals surface area contributed by atoms with E-state index in [4.69, 9.17) is 10.3 Å². The molecule has 0 saturated heterocycles. The summed E-state index contributed by atoms with van der Waals surface area (Å²) in [5.41, 5.74) is 3.62. The molecule has 0 aliphatic carbocycles. The molecule has 1 heterocycles. The molecular formula is C9H14N2O2. The molecular weight excluding hydrogens is 168 g/mol. The van der Waals surface area contributed by atoms with Crippen molar-refractivity contribution in [1.82, 2.24) is 10.5 Å². The average molecular weight is 182 g/mol. The van der Waals surface area contributed by atoms with Gasteiger partial charge in [-0.3, -0.25) is 4.98 Å². The van der Waals surface area contributed by atoms with Crippen LogP contribution in [0.15, 0.2) is 18.2 Å². The Labute approximate surface area is 77.2 Å². The van der Waals surface area contributed by atoms with Crippen LogP contribution in [0.3, 0.4) is 0 Å². The Morgan fingerprint density at radius 3 is 2.92 bits per heavy atom. The van der Waals surface area contributed by atoms with Gasteiger partial charge in [-0.25, -0.2) is 5.48 Å². The molecule has 3 N–H and O–H groups in total. The van der Waals surface area contributed by atoms with Crippen LogP contribution in [0.4, 0.5) is 0 Å². The fraction of sp³-hybridized carbons (Fsp3) is 0.444. The van der Waals surface area contributed by atoms with Crippen LogP contribution in [0.25, 0.3) is 0 Å². The second kappa shape index (κ2) is 4.91. The summed E-state index contributed by atoms with van der Waals surface area (Å²) >= 11 is 0. The van der Waals surface area contributed by atoms with E-state index in [9.17, 15) is 0 Å². The standard InChI is InChI=1S/C9H14N2O2/c1-7(5-10-13)9-4-2-3-8(6-12)11-9/h2-4,7,10,12-13H,5-6H2,1H3. The second-order valence-electron chi connectivity index (χ2n) is 2.98. The molecule has 0 aliphatic heterocycles. The van der Waals surface area contributed by atoms with Gasteiger partial charge in [0.15, 0.2) is 0 Å². The molecule has 0 saturated carbocycles. The number of nitrogens with zero attached hydrogens (tertiary/aromatic N) is 1. The minimum atomic E-state index is -0.0485. The Bertz CT molecular complexity index is 266. The fourth-order valence-electron chi connectivity index (χ4n) is 1.10. The zero-order chi connectivity index (χ0) is 9.68. The van der Waals surface area contributed by atoms with Crippen molar-refractivity contribution >= 4 is 0 Å². The topological polar surface area (TPSA) is 65.4 Å². The average Bonchev–Trinajstić information content (AvgIpc) is 2.18. The second-order valence-corrected chi connectivity index (χ2v) is 2.98.